The number of hydrogen-bond acceptors (Lipinski definition) is 8. The molecule has 32 heavy (non-hydrogen) atoms. The molecule has 0 radical (unpaired) electrons. The summed E-state index contributed by atoms with van der Waals surface area (Å²) in [5.74, 6) is 2.98. The van der Waals surface area contributed by atoms with E-state index in [9.17, 15) is 0 Å². The van der Waals surface area contributed by atoms with Gasteiger partial charge < -0.3 is 18.6 Å². The predicted molar refractivity (Wildman–Crippen MR) is 124 cm³/mol. The fourth-order valence-electron chi connectivity index (χ4n) is 3.59. The largest absolute Gasteiger partial charge is 0.493 e. The monoisotopic (exact) mass is 448 g/mol. The van der Waals surface area contributed by atoms with Crippen LogP contribution in [0, 0.1) is 6.92 Å². The minimum atomic E-state index is 0.553. The molecule has 0 fully saturated rings. The maximum Gasteiger partial charge on any atom is 0.235 e. The zero-order valence-corrected chi connectivity index (χ0v) is 18.8. The molecule has 5 aromatic rings. The molecule has 0 aliphatic rings. The lowest BCUT2D eigenvalue weighted by Crippen LogP contribution is -1.95. The number of hydrogen-bond donors (Lipinski definition) is 0. The average molecular weight is 449 g/mol. The highest BCUT2D eigenvalue weighted by molar-refractivity contribution is 7.17. The summed E-state index contributed by atoms with van der Waals surface area (Å²) >= 11 is 1.43. The summed E-state index contributed by atoms with van der Waals surface area (Å²) < 4.78 is 24.0. The Balaban J connectivity index is 1.51. The Morgan fingerprint density at radius 2 is 1.72 bits per heavy atom. The minimum Gasteiger partial charge on any atom is -0.493 e. The summed E-state index contributed by atoms with van der Waals surface area (Å²) in [7, 11) is 4.76. The van der Waals surface area contributed by atoms with Gasteiger partial charge in [0.2, 0.25) is 16.5 Å². The van der Waals surface area contributed by atoms with E-state index in [1.165, 1.54) is 11.3 Å². The van der Waals surface area contributed by atoms with E-state index in [2.05, 4.69) is 15.3 Å². The quantitative estimate of drug-likeness (QED) is 0.357. The SMILES string of the molecule is COc1cc(C=Cc2nn3c(-c4oc5ccccc5c4C)nnc3s2)cc(OC)c1OC. The van der Waals surface area contributed by atoms with Crippen molar-refractivity contribution in [2.75, 3.05) is 21.3 Å². The zero-order valence-electron chi connectivity index (χ0n) is 17.9. The van der Waals surface area contributed by atoms with E-state index in [0.717, 1.165) is 27.1 Å². The van der Waals surface area contributed by atoms with E-state index >= 15 is 0 Å². The van der Waals surface area contributed by atoms with Crippen molar-refractivity contribution in [1.82, 2.24) is 19.8 Å². The van der Waals surface area contributed by atoms with E-state index in [1.807, 2.05) is 55.5 Å². The van der Waals surface area contributed by atoms with Crippen molar-refractivity contribution in [3.8, 4) is 28.8 Å². The highest BCUT2D eigenvalue weighted by Gasteiger charge is 2.20. The average Bonchev–Trinajstić information content (AvgIpc) is 3.49. The van der Waals surface area contributed by atoms with Gasteiger partial charge in [-0.2, -0.15) is 9.61 Å². The van der Waals surface area contributed by atoms with Crippen LogP contribution >= 0.6 is 11.3 Å². The van der Waals surface area contributed by atoms with Crippen molar-refractivity contribution >= 4 is 39.4 Å². The summed E-state index contributed by atoms with van der Waals surface area (Å²) in [6.07, 6.45) is 3.84. The Morgan fingerprint density at radius 3 is 2.41 bits per heavy atom. The first-order valence-corrected chi connectivity index (χ1v) is 10.6. The molecule has 2 aromatic carbocycles. The van der Waals surface area contributed by atoms with Crippen molar-refractivity contribution in [3.63, 3.8) is 0 Å². The van der Waals surface area contributed by atoms with Crippen LogP contribution in [0.2, 0.25) is 0 Å². The number of aryl methyl sites for hydroxylation is 1. The number of aromatic nitrogens is 4. The molecule has 0 aliphatic heterocycles. The van der Waals surface area contributed by atoms with E-state index in [0.29, 0.717) is 33.8 Å². The lowest BCUT2D eigenvalue weighted by Gasteiger charge is -2.12. The van der Waals surface area contributed by atoms with Gasteiger partial charge in [-0.25, -0.2) is 0 Å². The molecular weight excluding hydrogens is 428 g/mol. The van der Waals surface area contributed by atoms with Gasteiger partial charge in [0.25, 0.3) is 0 Å². The van der Waals surface area contributed by atoms with Crippen LogP contribution in [0.4, 0.5) is 0 Å². The van der Waals surface area contributed by atoms with Crippen LogP contribution in [0.1, 0.15) is 16.1 Å². The van der Waals surface area contributed by atoms with Gasteiger partial charge in [-0.15, -0.1) is 10.2 Å². The van der Waals surface area contributed by atoms with Crippen LogP contribution in [0.25, 0.3) is 39.7 Å². The lowest BCUT2D eigenvalue weighted by atomic mass is 10.1. The fourth-order valence-corrected chi connectivity index (χ4v) is 4.33. The summed E-state index contributed by atoms with van der Waals surface area (Å²) in [4.78, 5) is 0.685. The highest BCUT2D eigenvalue weighted by Crippen LogP contribution is 2.39. The second-order valence-corrected chi connectivity index (χ2v) is 7.99. The molecule has 162 valence electrons. The lowest BCUT2D eigenvalue weighted by molar-refractivity contribution is 0.324. The second-order valence-electron chi connectivity index (χ2n) is 7.00. The molecular formula is C23H20N4O4S. The smallest absolute Gasteiger partial charge is 0.235 e. The number of fused-ring (bicyclic) bond motifs is 2. The molecule has 3 heterocycles. The predicted octanol–water partition coefficient (Wildman–Crippen LogP) is 5.10. The molecule has 0 saturated heterocycles. The van der Waals surface area contributed by atoms with E-state index < -0.39 is 0 Å². The molecule has 0 aliphatic carbocycles. The fraction of sp³-hybridized carbons (Fsp3) is 0.174. The van der Waals surface area contributed by atoms with Crippen LogP contribution in [0.5, 0.6) is 17.2 Å². The van der Waals surface area contributed by atoms with Crippen molar-refractivity contribution in [2.45, 2.75) is 6.92 Å². The first-order valence-electron chi connectivity index (χ1n) is 9.81. The first-order chi connectivity index (χ1) is 15.6. The van der Waals surface area contributed by atoms with Crippen LogP contribution in [-0.2, 0) is 0 Å². The standard InChI is InChI=1S/C23H20N4O4S/c1-13-15-7-5-6-8-16(15)31-20(13)22-24-25-23-27(22)26-19(32-23)10-9-14-11-17(28-2)21(30-4)18(12-14)29-3/h5-12H,1-4H3. The molecule has 0 unspecified atom stereocenters. The van der Waals surface area contributed by atoms with Gasteiger partial charge in [-0.3, -0.25) is 0 Å². The van der Waals surface area contributed by atoms with Crippen molar-refractivity contribution in [3.05, 3.63) is 52.5 Å². The van der Waals surface area contributed by atoms with Crippen molar-refractivity contribution < 1.29 is 18.6 Å². The van der Waals surface area contributed by atoms with E-state index in [4.69, 9.17) is 18.6 Å². The second kappa shape index (κ2) is 8.01. The number of rotatable bonds is 6. The van der Waals surface area contributed by atoms with Crippen LogP contribution in [0.15, 0.2) is 40.8 Å². The number of furan rings is 1. The van der Waals surface area contributed by atoms with Crippen molar-refractivity contribution in [2.24, 2.45) is 0 Å². The number of benzene rings is 2. The summed E-state index contributed by atoms with van der Waals surface area (Å²) in [6.45, 7) is 2.01. The van der Waals surface area contributed by atoms with Crippen molar-refractivity contribution in [1.29, 1.82) is 0 Å². The number of methoxy groups -OCH3 is 3. The Hall–Kier alpha value is -3.85. The third kappa shape index (κ3) is 3.27. The zero-order chi connectivity index (χ0) is 22.2. The van der Waals surface area contributed by atoms with Gasteiger partial charge in [-0.05, 0) is 36.8 Å². The molecule has 0 bridgehead atoms. The number of nitrogens with zero attached hydrogens (tertiary/aromatic N) is 4. The molecule has 8 nitrogen and oxygen atoms in total. The Labute approximate surface area is 187 Å². The van der Waals surface area contributed by atoms with Crippen LogP contribution in [0.3, 0.4) is 0 Å². The van der Waals surface area contributed by atoms with E-state index in [1.54, 1.807) is 25.8 Å². The molecule has 5 rings (SSSR count). The highest BCUT2D eigenvalue weighted by atomic mass is 32.1. The Kier molecular flexibility index (Phi) is 5.02. The van der Waals surface area contributed by atoms with Crippen LogP contribution < -0.4 is 14.2 Å². The maximum atomic E-state index is 6.05. The van der Waals surface area contributed by atoms with Crippen LogP contribution in [-0.4, -0.2) is 41.1 Å². The molecule has 0 atom stereocenters. The third-order valence-electron chi connectivity index (χ3n) is 5.16. The minimum absolute atomic E-state index is 0.553. The molecule has 0 N–H and O–H groups in total. The van der Waals surface area contributed by atoms with E-state index in [-0.39, 0.29) is 0 Å². The van der Waals surface area contributed by atoms with Gasteiger partial charge in [-0.1, -0.05) is 35.6 Å². The molecule has 0 amide bonds. The van der Waals surface area contributed by atoms with Gasteiger partial charge in [0, 0.05) is 10.9 Å². The maximum absolute atomic E-state index is 6.05. The van der Waals surface area contributed by atoms with Gasteiger partial charge in [0.1, 0.15) is 10.6 Å². The Bertz CT molecular complexity index is 1440. The molecule has 0 saturated carbocycles. The summed E-state index contributed by atoms with van der Waals surface area (Å²) in [6, 6.07) is 11.7. The van der Waals surface area contributed by atoms with Gasteiger partial charge >= 0.3 is 0 Å². The normalized spacial score (nSPS) is 11.6. The van der Waals surface area contributed by atoms with Gasteiger partial charge in [0.15, 0.2) is 17.3 Å². The first kappa shape index (κ1) is 20.1. The topological polar surface area (TPSA) is 83.9 Å². The molecule has 3 aromatic heterocycles. The summed E-state index contributed by atoms with van der Waals surface area (Å²) in [5.41, 5.74) is 2.71. The third-order valence-corrected chi connectivity index (χ3v) is 6.02. The number of para-hydroxylation sites is 1. The molecule has 9 heteroatoms. The van der Waals surface area contributed by atoms with Gasteiger partial charge in [0.05, 0.1) is 21.3 Å². The number of ether oxygens (including phenoxy) is 3. The molecule has 0 spiro atoms. The Morgan fingerprint density at radius 1 is 0.969 bits per heavy atom. The summed E-state index contributed by atoms with van der Waals surface area (Å²) in [5, 5.41) is 15.1.